The second-order valence-corrected chi connectivity index (χ2v) is 9.19. The number of methoxy groups -OCH3 is 2. The van der Waals surface area contributed by atoms with Crippen LogP contribution < -0.4 is 10.6 Å². The molecule has 0 saturated carbocycles. The fourth-order valence-electron chi connectivity index (χ4n) is 4.40. The smallest absolute Gasteiger partial charge is 0.333 e. The minimum atomic E-state index is -1.09. The molecule has 0 aliphatic carbocycles. The van der Waals surface area contributed by atoms with Gasteiger partial charge in [0.1, 0.15) is 0 Å². The molecule has 8 nitrogen and oxygen atoms in total. The first kappa shape index (κ1) is 29.5. The molecule has 8 heteroatoms. The Kier molecular flexibility index (Phi) is 9.99. The van der Waals surface area contributed by atoms with Crippen molar-refractivity contribution >= 4 is 35.4 Å². The van der Waals surface area contributed by atoms with Gasteiger partial charge in [0, 0.05) is 11.1 Å². The van der Waals surface area contributed by atoms with Gasteiger partial charge in [0.05, 0.1) is 14.2 Å². The zero-order valence-corrected chi connectivity index (χ0v) is 23.2. The van der Waals surface area contributed by atoms with Crippen molar-refractivity contribution in [1.29, 1.82) is 0 Å². The molecule has 4 aromatic rings. The van der Waals surface area contributed by atoms with Crippen molar-refractivity contribution in [3.63, 3.8) is 0 Å². The van der Waals surface area contributed by atoms with Crippen LogP contribution in [0.1, 0.15) is 44.7 Å². The number of amides is 2. The monoisotopic (exact) mass is 562 g/mol. The van der Waals surface area contributed by atoms with E-state index in [2.05, 4.69) is 10.6 Å². The van der Waals surface area contributed by atoms with Crippen LogP contribution in [-0.4, -0.2) is 38.0 Å². The topological polar surface area (TPSA) is 111 Å². The van der Waals surface area contributed by atoms with Crippen molar-refractivity contribution in [2.24, 2.45) is 0 Å². The Labute approximate surface area is 244 Å². The van der Waals surface area contributed by atoms with Crippen molar-refractivity contribution in [3.05, 3.63) is 143 Å². The molecule has 212 valence electrons. The van der Waals surface area contributed by atoms with Crippen LogP contribution >= 0.6 is 0 Å². The molecule has 4 aromatic carbocycles. The van der Waals surface area contributed by atoms with E-state index in [-0.39, 0.29) is 11.1 Å². The molecule has 0 saturated heterocycles. The zero-order chi connectivity index (χ0) is 29.9. The highest BCUT2D eigenvalue weighted by Gasteiger charge is 2.29. The fourth-order valence-corrected chi connectivity index (χ4v) is 4.40. The predicted octanol–water partition coefficient (Wildman–Crippen LogP) is 4.90. The first-order chi connectivity index (χ1) is 20.4. The van der Waals surface area contributed by atoms with Crippen LogP contribution in [0.15, 0.2) is 115 Å². The van der Waals surface area contributed by atoms with Crippen LogP contribution in [0.4, 0.5) is 0 Å². The largest absolute Gasteiger partial charge is 0.467 e. The number of hydrogen-bond donors (Lipinski definition) is 2. The summed E-state index contributed by atoms with van der Waals surface area (Å²) in [5, 5.41) is 5.52. The number of rotatable bonds is 10. The Morgan fingerprint density at radius 1 is 0.571 bits per heavy atom. The second-order valence-electron chi connectivity index (χ2n) is 9.19. The molecule has 42 heavy (non-hydrogen) atoms. The lowest BCUT2D eigenvalue weighted by molar-refractivity contribution is -0.144. The third-order valence-electron chi connectivity index (χ3n) is 6.51. The van der Waals surface area contributed by atoms with Crippen LogP contribution in [0.3, 0.4) is 0 Å². The maximum Gasteiger partial charge on any atom is 0.333 e. The minimum absolute atomic E-state index is 0.131. The van der Waals surface area contributed by atoms with Gasteiger partial charge in [-0.05, 0) is 34.4 Å². The molecule has 0 aromatic heterocycles. The molecule has 0 radical (unpaired) electrons. The highest BCUT2D eigenvalue weighted by molar-refractivity contribution is 6.26. The van der Waals surface area contributed by atoms with E-state index in [9.17, 15) is 19.2 Å². The van der Waals surface area contributed by atoms with Crippen molar-refractivity contribution in [2.45, 2.75) is 12.1 Å². The molecule has 2 atom stereocenters. The SMILES string of the molecule is COC(=O)C(NC(=O)/C(=C\c1ccccc1)c1ccccc1C(=O)NC(C(=O)OC)c1ccccc1)c1ccccc1. The standard InChI is InChI=1S/C34H30N2O6/c1-41-33(39)29(24-16-8-4-9-17-24)35-31(37)27-21-13-12-20-26(27)28(22-23-14-6-3-7-15-23)32(38)36-30(34(40)42-2)25-18-10-5-11-19-25/h3-22,29-30H,1-2H3,(H,35,37)(H,36,38)/b28-22-. The van der Waals surface area contributed by atoms with Crippen molar-refractivity contribution in [3.8, 4) is 0 Å². The third kappa shape index (κ3) is 7.17. The highest BCUT2D eigenvalue weighted by atomic mass is 16.5. The van der Waals surface area contributed by atoms with Gasteiger partial charge >= 0.3 is 11.9 Å². The van der Waals surface area contributed by atoms with Gasteiger partial charge in [-0.3, -0.25) is 9.59 Å². The summed E-state index contributed by atoms with van der Waals surface area (Å²) >= 11 is 0. The lowest BCUT2D eigenvalue weighted by Crippen LogP contribution is -2.36. The second kappa shape index (κ2) is 14.2. The minimum Gasteiger partial charge on any atom is -0.467 e. The van der Waals surface area contributed by atoms with Gasteiger partial charge in [0.15, 0.2) is 12.1 Å². The van der Waals surface area contributed by atoms with E-state index in [1.54, 1.807) is 91.0 Å². The van der Waals surface area contributed by atoms with Gasteiger partial charge in [-0.2, -0.15) is 0 Å². The molecule has 2 amide bonds. The van der Waals surface area contributed by atoms with Gasteiger partial charge in [0.2, 0.25) is 0 Å². The summed E-state index contributed by atoms with van der Waals surface area (Å²) in [5.41, 5.74) is 2.34. The molecule has 0 fully saturated rings. The summed E-state index contributed by atoms with van der Waals surface area (Å²) in [6.45, 7) is 0. The van der Waals surface area contributed by atoms with E-state index in [0.29, 0.717) is 22.3 Å². The number of carbonyl (C=O) groups is 4. The maximum atomic E-state index is 13.9. The molecule has 0 aliphatic heterocycles. The lowest BCUT2D eigenvalue weighted by Gasteiger charge is -2.20. The van der Waals surface area contributed by atoms with Gasteiger partial charge in [-0.15, -0.1) is 0 Å². The highest BCUT2D eigenvalue weighted by Crippen LogP contribution is 2.26. The van der Waals surface area contributed by atoms with Crippen LogP contribution in [-0.2, 0) is 23.9 Å². The van der Waals surface area contributed by atoms with Crippen LogP contribution in [0, 0.1) is 0 Å². The Bertz CT molecular complexity index is 1570. The number of benzene rings is 4. The predicted molar refractivity (Wildman–Crippen MR) is 159 cm³/mol. The van der Waals surface area contributed by atoms with Crippen LogP contribution in [0.25, 0.3) is 11.6 Å². The summed E-state index contributed by atoms with van der Waals surface area (Å²) < 4.78 is 9.92. The summed E-state index contributed by atoms with van der Waals surface area (Å²) in [6, 6.07) is 30.9. The normalized spacial score (nSPS) is 12.4. The molecule has 0 aliphatic rings. The van der Waals surface area contributed by atoms with Gasteiger partial charge in [-0.1, -0.05) is 109 Å². The Hall–Kier alpha value is -5.50. The number of ether oxygens (including phenoxy) is 2. The van der Waals surface area contributed by atoms with Crippen LogP contribution in [0.2, 0.25) is 0 Å². The van der Waals surface area contributed by atoms with E-state index in [1.807, 2.05) is 30.3 Å². The number of esters is 2. The van der Waals surface area contributed by atoms with Crippen molar-refractivity contribution in [2.75, 3.05) is 14.2 Å². The van der Waals surface area contributed by atoms with Gasteiger partial charge in [0.25, 0.3) is 11.8 Å². The summed E-state index contributed by atoms with van der Waals surface area (Å²) in [7, 11) is 2.49. The van der Waals surface area contributed by atoms with E-state index >= 15 is 0 Å². The molecule has 0 bridgehead atoms. The first-order valence-corrected chi connectivity index (χ1v) is 13.2. The molecule has 4 rings (SSSR count). The Morgan fingerprint density at radius 2 is 1.00 bits per heavy atom. The lowest BCUT2D eigenvalue weighted by atomic mass is 9.95. The molecular formula is C34H30N2O6. The number of carbonyl (C=O) groups excluding carboxylic acids is 4. The fraction of sp³-hybridized carbons (Fsp3) is 0.118. The third-order valence-corrected chi connectivity index (χ3v) is 6.51. The average molecular weight is 563 g/mol. The van der Waals surface area contributed by atoms with E-state index in [4.69, 9.17) is 9.47 Å². The number of nitrogens with one attached hydrogen (secondary N) is 2. The van der Waals surface area contributed by atoms with E-state index in [0.717, 1.165) is 0 Å². The Morgan fingerprint density at radius 3 is 1.50 bits per heavy atom. The molecule has 2 unspecified atom stereocenters. The molecule has 2 N–H and O–H groups in total. The van der Waals surface area contributed by atoms with Crippen LogP contribution in [0.5, 0.6) is 0 Å². The van der Waals surface area contributed by atoms with Crippen molar-refractivity contribution in [1.82, 2.24) is 10.6 Å². The average Bonchev–Trinajstić information content (AvgIpc) is 3.05. The summed E-state index contributed by atoms with van der Waals surface area (Å²) in [6.07, 6.45) is 1.63. The molecular weight excluding hydrogens is 532 g/mol. The maximum absolute atomic E-state index is 13.9. The van der Waals surface area contributed by atoms with Gasteiger partial charge < -0.3 is 20.1 Å². The summed E-state index contributed by atoms with van der Waals surface area (Å²) in [5.74, 6) is -2.49. The first-order valence-electron chi connectivity index (χ1n) is 13.2. The summed E-state index contributed by atoms with van der Waals surface area (Å²) in [4.78, 5) is 53.0. The number of hydrogen-bond acceptors (Lipinski definition) is 6. The quantitative estimate of drug-likeness (QED) is 0.162. The van der Waals surface area contributed by atoms with Crippen molar-refractivity contribution < 1.29 is 28.7 Å². The molecule has 0 spiro atoms. The molecule has 0 heterocycles. The van der Waals surface area contributed by atoms with Gasteiger partial charge in [-0.25, -0.2) is 9.59 Å². The van der Waals surface area contributed by atoms with E-state index in [1.165, 1.54) is 14.2 Å². The van der Waals surface area contributed by atoms with E-state index < -0.39 is 35.8 Å². The zero-order valence-electron chi connectivity index (χ0n) is 23.2. The Balaban J connectivity index is 1.76.